The number of benzene rings is 2. The zero-order valence-electron chi connectivity index (χ0n) is 17.5. The third-order valence-corrected chi connectivity index (χ3v) is 4.19. The zero-order chi connectivity index (χ0) is 21.6. The van der Waals surface area contributed by atoms with Crippen molar-refractivity contribution in [3.05, 3.63) is 96.6 Å². The van der Waals surface area contributed by atoms with Crippen LogP contribution in [0.3, 0.4) is 0 Å². The second-order valence-corrected chi connectivity index (χ2v) is 6.84. The van der Waals surface area contributed by atoms with Crippen LogP contribution in [-0.4, -0.2) is 25.2 Å². The second-order valence-electron chi connectivity index (χ2n) is 6.84. The van der Waals surface area contributed by atoms with E-state index >= 15 is 0 Å². The van der Waals surface area contributed by atoms with Crippen molar-refractivity contribution in [2.24, 2.45) is 0 Å². The predicted octanol–water partition coefficient (Wildman–Crippen LogP) is 5.43. The van der Waals surface area contributed by atoms with Crippen molar-refractivity contribution in [1.29, 1.82) is 0 Å². The van der Waals surface area contributed by atoms with E-state index in [9.17, 15) is 9.59 Å². The average Bonchev–Trinajstić information content (AvgIpc) is 2.76. The average molecular weight is 395 g/mol. The van der Waals surface area contributed by atoms with Crippen molar-refractivity contribution in [3.8, 4) is 0 Å². The molecule has 154 valence electrons. The maximum absolute atomic E-state index is 11.2. The number of carbonyl (C=O) groups is 2. The van der Waals surface area contributed by atoms with Crippen LogP contribution in [0.2, 0.25) is 0 Å². The summed E-state index contributed by atoms with van der Waals surface area (Å²) in [7, 11) is 0. The van der Waals surface area contributed by atoms with Gasteiger partial charge < -0.3 is 9.47 Å². The van der Waals surface area contributed by atoms with Crippen LogP contribution in [0.15, 0.2) is 85.5 Å². The minimum absolute atomic E-state index is 0.217. The van der Waals surface area contributed by atoms with Crippen LogP contribution in [0.1, 0.15) is 43.7 Å². The lowest BCUT2D eigenvalue weighted by molar-refractivity contribution is -0.139. The van der Waals surface area contributed by atoms with Crippen LogP contribution in [0.25, 0.3) is 0 Å². The lowest BCUT2D eigenvalue weighted by atomic mass is 10.0. The fraction of sp³-hybridized carbons (Fsp3) is 0.280. The molecule has 2 rings (SSSR count). The molecular formula is C25H30O4. The fourth-order valence-electron chi connectivity index (χ4n) is 2.35. The lowest BCUT2D eigenvalue weighted by Crippen LogP contribution is -2.11. The fourth-order valence-corrected chi connectivity index (χ4v) is 2.35. The first kappa shape index (κ1) is 23.9. The smallest absolute Gasteiger partial charge is 0.333 e. The zero-order valence-corrected chi connectivity index (χ0v) is 17.5. The summed E-state index contributed by atoms with van der Waals surface area (Å²) in [4.78, 5) is 22.0. The molecule has 2 aromatic carbocycles. The van der Waals surface area contributed by atoms with E-state index in [-0.39, 0.29) is 23.8 Å². The molecule has 0 saturated heterocycles. The first-order chi connectivity index (χ1) is 13.8. The minimum Gasteiger partial charge on any atom is -0.462 e. The normalized spacial score (nSPS) is 11.8. The number of hydrogen-bond acceptors (Lipinski definition) is 4. The van der Waals surface area contributed by atoms with Gasteiger partial charge in [0.05, 0.1) is 13.2 Å². The number of esters is 2. The van der Waals surface area contributed by atoms with Crippen molar-refractivity contribution in [1.82, 2.24) is 0 Å². The van der Waals surface area contributed by atoms with Gasteiger partial charge in [-0.3, -0.25) is 0 Å². The van der Waals surface area contributed by atoms with Crippen molar-refractivity contribution < 1.29 is 19.1 Å². The highest BCUT2D eigenvalue weighted by atomic mass is 16.5. The quantitative estimate of drug-likeness (QED) is 0.443. The van der Waals surface area contributed by atoms with Gasteiger partial charge in [0.15, 0.2) is 0 Å². The van der Waals surface area contributed by atoms with Crippen molar-refractivity contribution in [2.45, 2.75) is 32.6 Å². The Morgan fingerprint density at radius 3 is 1.66 bits per heavy atom. The van der Waals surface area contributed by atoms with Crippen LogP contribution in [0, 0.1) is 0 Å². The Bertz CT molecular complexity index is 781. The molecule has 0 aliphatic carbocycles. The molecule has 0 aliphatic heterocycles. The molecule has 0 spiro atoms. The summed E-state index contributed by atoms with van der Waals surface area (Å²) in [6.45, 7) is 13.4. The molecule has 4 nitrogen and oxygen atoms in total. The summed E-state index contributed by atoms with van der Waals surface area (Å²) in [6, 6.07) is 19.9. The molecule has 0 radical (unpaired) electrons. The Balaban J connectivity index is 0.000000291. The summed E-state index contributed by atoms with van der Waals surface area (Å²) in [5, 5.41) is 0. The molecule has 2 unspecified atom stereocenters. The highest BCUT2D eigenvalue weighted by molar-refractivity contribution is 5.86. The molecular weight excluding hydrogens is 364 g/mol. The number of rotatable bonds is 8. The van der Waals surface area contributed by atoms with Gasteiger partial charge >= 0.3 is 11.9 Å². The van der Waals surface area contributed by atoms with Crippen LogP contribution < -0.4 is 0 Å². The molecule has 2 atom stereocenters. The van der Waals surface area contributed by atoms with Gasteiger partial charge in [0.1, 0.15) is 0 Å². The summed E-state index contributed by atoms with van der Waals surface area (Å²) < 4.78 is 10.0. The molecule has 0 aliphatic rings. The molecule has 0 fully saturated rings. The Morgan fingerprint density at radius 2 is 1.28 bits per heavy atom. The van der Waals surface area contributed by atoms with E-state index in [2.05, 4.69) is 13.2 Å². The van der Waals surface area contributed by atoms with E-state index in [4.69, 9.17) is 9.47 Å². The van der Waals surface area contributed by atoms with Gasteiger partial charge in [-0.2, -0.15) is 0 Å². The molecule has 0 heterocycles. The molecule has 0 N–H and O–H groups in total. The lowest BCUT2D eigenvalue weighted by Gasteiger charge is -2.12. The highest BCUT2D eigenvalue weighted by Crippen LogP contribution is 2.15. The Kier molecular flexibility index (Phi) is 10.8. The standard InChI is InChI=1S/C13H16O2.C12H14O2/c1-10(2)13(14)15-9-11(3)12-7-5-4-6-8-12;1-3-12(13)14-9-10(2)11-7-5-4-6-8-11/h4-8,11H,1,9H2,2-3H3;3-8,10H,1,9H2,2H3. The minimum atomic E-state index is -0.368. The summed E-state index contributed by atoms with van der Waals surface area (Å²) >= 11 is 0. The molecule has 0 amide bonds. The van der Waals surface area contributed by atoms with Crippen LogP contribution >= 0.6 is 0 Å². The Hall–Kier alpha value is -3.14. The topological polar surface area (TPSA) is 52.6 Å². The van der Waals surface area contributed by atoms with E-state index in [1.165, 1.54) is 17.2 Å². The molecule has 29 heavy (non-hydrogen) atoms. The molecule has 0 bridgehead atoms. The second kappa shape index (κ2) is 13.1. The van der Waals surface area contributed by atoms with E-state index in [0.717, 1.165) is 0 Å². The maximum Gasteiger partial charge on any atom is 0.333 e. The van der Waals surface area contributed by atoms with Gasteiger partial charge in [0, 0.05) is 23.5 Å². The van der Waals surface area contributed by atoms with Crippen LogP contribution in [0.4, 0.5) is 0 Å². The van der Waals surface area contributed by atoms with Crippen LogP contribution in [0.5, 0.6) is 0 Å². The van der Waals surface area contributed by atoms with Gasteiger partial charge in [-0.05, 0) is 18.1 Å². The summed E-state index contributed by atoms with van der Waals surface area (Å²) in [5.74, 6) is -0.250. The van der Waals surface area contributed by atoms with Gasteiger partial charge in [0.2, 0.25) is 0 Å². The highest BCUT2D eigenvalue weighted by Gasteiger charge is 2.09. The largest absolute Gasteiger partial charge is 0.462 e. The first-order valence-corrected chi connectivity index (χ1v) is 9.56. The Morgan fingerprint density at radius 1 is 0.862 bits per heavy atom. The SMILES string of the molecule is C=C(C)C(=O)OCC(C)c1ccccc1.C=CC(=O)OCC(C)c1ccccc1. The monoisotopic (exact) mass is 394 g/mol. The van der Waals surface area contributed by atoms with E-state index in [1.54, 1.807) is 6.92 Å². The Labute approximate surface area is 173 Å². The number of ether oxygens (including phenoxy) is 2. The molecule has 0 saturated carbocycles. The van der Waals surface area contributed by atoms with Crippen LogP contribution in [-0.2, 0) is 19.1 Å². The van der Waals surface area contributed by atoms with Crippen molar-refractivity contribution in [3.63, 3.8) is 0 Å². The van der Waals surface area contributed by atoms with E-state index in [0.29, 0.717) is 18.8 Å². The molecule has 0 aromatic heterocycles. The predicted molar refractivity (Wildman–Crippen MR) is 117 cm³/mol. The van der Waals surface area contributed by atoms with Crippen molar-refractivity contribution >= 4 is 11.9 Å². The number of hydrogen-bond donors (Lipinski definition) is 0. The summed E-state index contributed by atoms with van der Waals surface area (Å²) in [6.07, 6.45) is 1.18. The maximum atomic E-state index is 11.2. The van der Waals surface area contributed by atoms with Gasteiger partial charge in [0.25, 0.3) is 0 Å². The molecule has 2 aromatic rings. The third kappa shape index (κ3) is 9.56. The van der Waals surface area contributed by atoms with Crippen molar-refractivity contribution in [2.75, 3.05) is 13.2 Å². The van der Waals surface area contributed by atoms with Gasteiger partial charge in [-0.25, -0.2) is 9.59 Å². The van der Waals surface area contributed by atoms with Gasteiger partial charge in [-0.1, -0.05) is 87.7 Å². The number of carbonyl (C=O) groups excluding carboxylic acids is 2. The van der Waals surface area contributed by atoms with E-state index < -0.39 is 0 Å². The third-order valence-electron chi connectivity index (χ3n) is 4.19. The van der Waals surface area contributed by atoms with E-state index in [1.807, 2.05) is 74.5 Å². The molecule has 4 heteroatoms. The summed E-state index contributed by atoms with van der Waals surface area (Å²) in [5.41, 5.74) is 2.78. The van der Waals surface area contributed by atoms with Gasteiger partial charge in [-0.15, -0.1) is 0 Å². The first-order valence-electron chi connectivity index (χ1n) is 9.56.